The van der Waals surface area contributed by atoms with Crippen molar-refractivity contribution < 1.29 is 56.8 Å². The Bertz CT molecular complexity index is 1310. The first kappa shape index (κ1) is 34.8. The molecule has 0 spiro atoms. The third-order valence-corrected chi connectivity index (χ3v) is 8.95. The van der Waals surface area contributed by atoms with Crippen LogP contribution in [-0.2, 0) is 60.6 Å². The Morgan fingerprint density at radius 1 is 0.551 bits per heavy atom. The third kappa shape index (κ3) is 8.48. The van der Waals surface area contributed by atoms with Crippen molar-refractivity contribution >= 4 is 0 Å². The molecular formula is C37H48O12. The minimum absolute atomic E-state index is 0.310. The monoisotopic (exact) mass is 684 g/mol. The fourth-order valence-electron chi connectivity index (χ4n) is 6.73. The number of ether oxygens (including phenoxy) is 12. The van der Waals surface area contributed by atoms with Gasteiger partial charge in [0, 0.05) is 17.5 Å². The Balaban J connectivity index is 1.04. The van der Waals surface area contributed by atoms with Gasteiger partial charge in [-0.3, -0.25) is 0 Å². The topological polar surface area (TPSA) is 111 Å². The van der Waals surface area contributed by atoms with Crippen molar-refractivity contribution in [2.24, 2.45) is 0 Å². The van der Waals surface area contributed by atoms with Crippen molar-refractivity contribution in [2.45, 2.75) is 108 Å². The lowest BCUT2D eigenvalue weighted by molar-refractivity contribution is -0.224. The predicted octanol–water partition coefficient (Wildman–Crippen LogP) is 4.66. The number of para-hydroxylation sites is 2. The number of hydrogen-bond acceptors (Lipinski definition) is 12. The summed E-state index contributed by atoms with van der Waals surface area (Å²) in [5.41, 5.74) is 1.86. The van der Waals surface area contributed by atoms with E-state index in [1.54, 1.807) is 0 Å². The lowest BCUT2D eigenvalue weighted by atomic mass is 10.1. The lowest BCUT2D eigenvalue weighted by Gasteiger charge is -2.26. The van der Waals surface area contributed by atoms with Crippen molar-refractivity contribution in [3.63, 3.8) is 0 Å². The van der Waals surface area contributed by atoms with Crippen molar-refractivity contribution in [1.82, 2.24) is 0 Å². The molecule has 0 amide bonds. The van der Waals surface area contributed by atoms with Gasteiger partial charge in [0.15, 0.2) is 24.2 Å². The van der Waals surface area contributed by atoms with Crippen LogP contribution in [0.4, 0.5) is 0 Å². The van der Waals surface area contributed by atoms with E-state index in [-0.39, 0.29) is 24.4 Å². The normalized spacial score (nSPS) is 35.8. The smallest absolute Gasteiger partial charge is 0.190 e. The van der Waals surface area contributed by atoms with Gasteiger partial charge in [-0.2, -0.15) is 0 Å². The van der Waals surface area contributed by atoms with Gasteiger partial charge in [-0.15, -0.1) is 0 Å². The molecule has 2 aromatic rings. The number of rotatable bonds is 0. The third-order valence-electron chi connectivity index (χ3n) is 8.95. The molecular weight excluding hydrogens is 636 g/mol. The highest BCUT2D eigenvalue weighted by Crippen LogP contribution is 2.41. The Hall–Kier alpha value is -2.62. The maximum atomic E-state index is 6.47. The molecule has 0 aliphatic carbocycles. The highest BCUT2D eigenvalue weighted by Gasteiger charge is 2.56. The maximum absolute atomic E-state index is 6.47. The number of hydrogen-bond donors (Lipinski definition) is 0. The highest BCUT2D eigenvalue weighted by atomic mass is 16.9. The van der Waals surface area contributed by atoms with Crippen LogP contribution in [0.2, 0.25) is 0 Å². The van der Waals surface area contributed by atoms with Gasteiger partial charge in [0.1, 0.15) is 48.1 Å². The molecule has 12 heteroatoms. The molecule has 4 saturated heterocycles. The van der Waals surface area contributed by atoms with Gasteiger partial charge < -0.3 is 56.8 Å². The van der Waals surface area contributed by atoms with Crippen molar-refractivity contribution in [2.75, 3.05) is 39.6 Å². The van der Waals surface area contributed by atoms with Crippen LogP contribution in [0.3, 0.4) is 0 Å². The molecule has 2 aromatic carbocycles. The SMILES string of the molecule is CC1(C)O[C@H]2O[C@@H]3COC/C=C\COC[C@H]4O[C@@H]5OC(C)(C)O[C@@H]5[C@H]4OCc4ccccc4OCCCOc4ccccc4CO[C@@H]3[C@H]2O1. The first-order valence-corrected chi connectivity index (χ1v) is 17.2. The van der Waals surface area contributed by atoms with Crippen LogP contribution in [0.5, 0.6) is 11.5 Å². The van der Waals surface area contributed by atoms with Gasteiger partial charge in [-0.05, 0) is 39.8 Å². The Morgan fingerprint density at radius 3 is 1.47 bits per heavy atom. The molecule has 7 rings (SSSR count). The first-order chi connectivity index (χ1) is 23.7. The highest BCUT2D eigenvalue weighted by molar-refractivity contribution is 5.33. The molecule has 0 radical (unpaired) electrons. The van der Waals surface area contributed by atoms with E-state index in [1.807, 2.05) is 88.4 Å². The summed E-state index contributed by atoms with van der Waals surface area (Å²) in [5, 5.41) is 0. The van der Waals surface area contributed by atoms with E-state index in [0.29, 0.717) is 59.3 Å². The van der Waals surface area contributed by atoms with Gasteiger partial charge in [-0.1, -0.05) is 48.6 Å². The van der Waals surface area contributed by atoms with Crippen molar-refractivity contribution in [3.05, 3.63) is 71.8 Å². The zero-order valence-electron chi connectivity index (χ0n) is 28.7. The van der Waals surface area contributed by atoms with Gasteiger partial charge in [0.25, 0.3) is 0 Å². The van der Waals surface area contributed by atoms with E-state index < -0.39 is 36.4 Å². The molecule has 49 heavy (non-hydrogen) atoms. The molecule has 5 aliphatic heterocycles. The van der Waals surface area contributed by atoms with Crippen LogP contribution in [0.25, 0.3) is 0 Å². The van der Waals surface area contributed by atoms with Gasteiger partial charge >= 0.3 is 0 Å². The summed E-state index contributed by atoms with van der Waals surface area (Å²) in [7, 11) is 0. The summed E-state index contributed by atoms with van der Waals surface area (Å²) >= 11 is 0. The van der Waals surface area contributed by atoms with E-state index in [0.717, 1.165) is 22.6 Å². The summed E-state index contributed by atoms with van der Waals surface area (Å²) in [4.78, 5) is 0. The molecule has 268 valence electrons. The summed E-state index contributed by atoms with van der Waals surface area (Å²) < 4.78 is 74.1. The minimum Gasteiger partial charge on any atom is -0.493 e. The molecule has 0 N–H and O–H groups in total. The van der Waals surface area contributed by atoms with Crippen molar-refractivity contribution in [3.8, 4) is 11.5 Å². The van der Waals surface area contributed by atoms with Crippen LogP contribution in [0.15, 0.2) is 60.7 Å². The minimum atomic E-state index is -0.764. The molecule has 12 nitrogen and oxygen atoms in total. The van der Waals surface area contributed by atoms with E-state index >= 15 is 0 Å². The fraction of sp³-hybridized carbons (Fsp3) is 0.622. The molecule has 5 heterocycles. The number of fused-ring (bicyclic) bond motifs is 8. The fourth-order valence-corrected chi connectivity index (χ4v) is 6.73. The second kappa shape index (κ2) is 15.3. The Morgan fingerprint density at radius 2 is 1.00 bits per heavy atom. The lowest BCUT2D eigenvalue weighted by Crippen LogP contribution is -2.39. The average Bonchev–Trinajstić information content (AvgIpc) is 3.74. The summed E-state index contributed by atoms with van der Waals surface area (Å²) in [5.74, 6) is -0.0111. The van der Waals surface area contributed by atoms with E-state index in [1.165, 1.54) is 0 Å². The Kier molecular flexibility index (Phi) is 10.9. The molecule has 0 bridgehead atoms. The largest absolute Gasteiger partial charge is 0.493 e. The zero-order chi connectivity index (χ0) is 33.8. The summed E-state index contributed by atoms with van der Waals surface area (Å²) in [6, 6.07) is 15.8. The second-order valence-corrected chi connectivity index (χ2v) is 13.6. The molecule has 8 atom stereocenters. The first-order valence-electron chi connectivity index (χ1n) is 17.2. The summed E-state index contributed by atoms with van der Waals surface area (Å²) in [6.45, 7) is 10.5. The standard InChI is InChI=1S/C37H48O12/c1-36(2)46-32-30-28(44-34(32)48-36)22-38-16-9-10-17-39-23-29-31(33-35(45-29)49-37(3,4)47-33)43-21-25-13-6-8-15-27(25)41-19-11-18-40-26-14-7-5-12-24(26)20-42-30/h5-10,12-15,28-35H,11,16-23H2,1-4H3/b10-9-/t28-,29-,30+,31+,32-,33-,34-,35-/m1/s1. The molecule has 4 fully saturated rings. The van der Waals surface area contributed by atoms with Gasteiger partial charge in [0.05, 0.1) is 52.9 Å². The Labute approximate surface area is 287 Å². The molecule has 0 saturated carbocycles. The van der Waals surface area contributed by atoms with Crippen LogP contribution >= 0.6 is 0 Å². The van der Waals surface area contributed by atoms with Gasteiger partial charge in [-0.25, -0.2) is 0 Å². The number of benzene rings is 2. The van der Waals surface area contributed by atoms with Crippen LogP contribution in [0, 0.1) is 0 Å². The maximum Gasteiger partial charge on any atom is 0.190 e. The molecule has 0 unspecified atom stereocenters. The second-order valence-electron chi connectivity index (χ2n) is 13.6. The van der Waals surface area contributed by atoms with Crippen LogP contribution < -0.4 is 9.47 Å². The average molecular weight is 685 g/mol. The van der Waals surface area contributed by atoms with Gasteiger partial charge in [0.2, 0.25) is 0 Å². The van der Waals surface area contributed by atoms with E-state index in [9.17, 15) is 0 Å². The van der Waals surface area contributed by atoms with Crippen LogP contribution in [0.1, 0.15) is 45.2 Å². The van der Waals surface area contributed by atoms with Crippen molar-refractivity contribution in [1.29, 1.82) is 0 Å². The molecule has 5 aliphatic rings. The quantitative estimate of drug-likeness (QED) is 0.360. The zero-order valence-corrected chi connectivity index (χ0v) is 28.7. The van der Waals surface area contributed by atoms with Crippen LogP contribution in [-0.4, -0.2) is 100 Å². The van der Waals surface area contributed by atoms with E-state index in [4.69, 9.17) is 56.8 Å². The predicted molar refractivity (Wildman–Crippen MR) is 174 cm³/mol. The summed E-state index contributed by atoms with van der Waals surface area (Å²) in [6.07, 6.45) is 1.16. The van der Waals surface area contributed by atoms with E-state index in [2.05, 4.69) is 0 Å². The molecule has 0 aromatic heterocycles.